The third-order valence-corrected chi connectivity index (χ3v) is 7.74. The molecule has 0 aliphatic carbocycles. The predicted octanol–water partition coefficient (Wildman–Crippen LogP) is 1.24. The van der Waals surface area contributed by atoms with E-state index in [1.54, 1.807) is 17.0 Å². The largest absolute Gasteiger partial charge is 0.379 e. The van der Waals surface area contributed by atoms with Gasteiger partial charge in [0.2, 0.25) is 15.9 Å². The lowest BCUT2D eigenvalue weighted by atomic mass is 10.2. The third-order valence-electron chi connectivity index (χ3n) is 5.84. The summed E-state index contributed by atoms with van der Waals surface area (Å²) >= 11 is 0. The Morgan fingerprint density at radius 3 is 2.29 bits per heavy atom. The van der Waals surface area contributed by atoms with Crippen LogP contribution >= 0.6 is 0 Å². The van der Waals surface area contributed by atoms with Crippen molar-refractivity contribution in [3.63, 3.8) is 0 Å². The van der Waals surface area contributed by atoms with Crippen molar-refractivity contribution >= 4 is 27.5 Å². The number of amides is 2. The summed E-state index contributed by atoms with van der Waals surface area (Å²) in [6, 6.07) is 11.7. The fraction of sp³-hybridized carbons (Fsp3) is 0.391. The summed E-state index contributed by atoms with van der Waals surface area (Å²) in [5, 5.41) is 2.73. The number of hydrogen-bond acceptors (Lipinski definition) is 6. The molecule has 2 aromatic rings. The Morgan fingerprint density at radius 2 is 1.62 bits per heavy atom. The topological polar surface area (TPSA) is 99.3 Å². The fourth-order valence-corrected chi connectivity index (χ4v) is 5.41. The second-order valence-corrected chi connectivity index (χ2v) is 10.1. The number of nitrogens with zero attached hydrogens (tertiary/aromatic N) is 3. The number of rotatable bonds is 6. The van der Waals surface area contributed by atoms with Gasteiger partial charge in [-0.25, -0.2) is 12.8 Å². The maximum atomic E-state index is 13.0. The van der Waals surface area contributed by atoms with Crippen LogP contribution in [0.15, 0.2) is 53.4 Å². The number of anilines is 1. The van der Waals surface area contributed by atoms with Crippen molar-refractivity contribution in [2.45, 2.75) is 4.90 Å². The number of benzene rings is 2. The normalized spacial score (nSPS) is 18.0. The van der Waals surface area contributed by atoms with Gasteiger partial charge in [0.25, 0.3) is 5.91 Å². The Morgan fingerprint density at radius 1 is 0.941 bits per heavy atom. The van der Waals surface area contributed by atoms with Gasteiger partial charge in [0.1, 0.15) is 5.82 Å². The molecule has 1 N–H and O–H groups in total. The highest BCUT2D eigenvalue weighted by atomic mass is 32.2. The molecule has 11 heteroatoms. The molecule has 0 atom stereocenters. The van der Waals surface area contributed by atoms with Gasteiger partial charge >= 0.3 is 0 Å². The van der Waals surface area contributed by atoms with Gasteiger partial charge in [0, 0.05) is 50.5 Å². The van der Waals surface area contributed by atoms with Crippen LogP contribution in [0.5, 0.6) is 0 Å². The molecule has 0 radical (unpaired) electrons. The molecule has 2 aliphatic rings. The van der Waals surface area contributed by atoms with Gasteiger partial charge in [-0.1, -0.05) is 6.07 Å². The first-order valence-electron chi connectivity index (χ1n) is 11.1. The Balaban J connectivity index is 1.32. The van der Waals surface area contributed by atoms with Crippen LogP contribution in [0.1, 0.15) is 10.4 Å². The Hall–Kier alpha value is -2.86. The van der Waals surface area contributed by atoms with E-state index in [2.05, 4.69) is 5.32 Å². The first-order valence-corrected chi connectivity index (χ1v) is 12.5. The second-order valence-electron chi connectivity index (χ2n) is 8.17. The summed E-state index contributed by atoms with van der Waals surface area (Å²) in [4.78, 5) is 29.0. The van der Waals surface area contributed by atoms with E-state index in [4.69, 9.17) is 4.74 Å². The van der Waals surface area contributed by atoms with E-state index in [-0.39, 0.29) is 42.2 Å². The number of carbonyl (C=O) groups is 2. The van der Waals surface area contributed by atoms with Crippen molar-refractivity contribution in [3.05, 3.63) is 59.9 Å². The molecule has 2 aliphatic heterocycles. The maximum Gasteiger partial charge on any atom is 0.253 e. The van der Waals surface area contributed by atoms with Crippen molar-refractivity contribution in [1.82, 2.24) is 14.1 Å². The number of hydrogen-bond donors (Lipinski definition) is 1. The number of sulfonamides is 1. The van der Waals surface area contributed by atoms with E-state index < -0.39 is 10.0 Å². The van der Waals surface area contributed by atoms with Crippen LogP contribution in [0.25, 0.3) is 0 Å². The molecule has 2 aromatic carbocycles. The molecule has 9 nitrogen and oxygen atoms in total. The van der Waals surface area contributed by atoms with Crippen LogP contribution in [-0.2, 0) is 19.6 Å². The van der Waals surface area contributed by atoms with Crippen LogP contribution in [0.2, 0.25) is 0 Å². The van der Waals surface area contributed by atoms with Gasteiger partial charge in [-0.15, -0.1) is 0 Å². The van der Waals surface area contributed by atoms with Gasteiger partial charge in [-0.05, 0) is 42.5 Å². The third kappa shape index (κ3) is 5.79. The van der Waals surface area contributed by atoms with Crippen LogP contribution in [-0.4, -0.2) is 93.4 Å². The highest BCUT2D eigenvalue weighted by molar-refractivity contribution is 7.89. The molecule has 0 unspecified atom stereocenters. The zero-order chi connectivity index (χ0) is 24.1. The molecular formula is C23H27FN4O5S. The van der Waals surface area contributed by atoms with Crippen molar-refractivity contribution in [2.75, 3.05) is 64.3 Å². The lowest BCUT2D eigenvalue weighted by molar-refractivity contribution is -0.117. The van der Waals surface area contributed by atoms with Crippen LogP contribution in [0.4, 0.5) is 10.1 Å². The number of ether oxygens (including phenoxy) is 1. The highest BCUT2D eigenvalue weighted by Crippen LogP contribution is 2.20. The van der Waals surface area contributed by atoms with Gasteiger partial charge in [-0.3, -0.25) is 14.5 Å². The fourth-order valence-electron chi connectivity index (χ4n) is 3.95. The molecule has 0 aromatic heterocycles. The zero-order valence-corrected chi connectivity index (χ0v) is 19.5. The quantitative estimate of drug-likeness (QED) is 0.654. The maximum absolute atomic E-state index is 13.0. The van der Waals surface area contributed by atoms with E-state index >= 15 is 0 Å². The van der Waals surface area contributed by atoms with E-state index in [1.807, 2.05) is 4.90 Å². The number of carbonyl (C=O) groups excluding carboxylic acids is 2. The number of piperazine rings is 1. The number of nitrogens with one attached hydrogen (secondary N) is 1. The monoisotopic (exact) mass is 490 g/mol. The van der Waals surface area contributed by atoms with E-state index in [0.29, 0.717) is 50.6 Å². The summed E-state index contributed by atoms with van der Waals surface area (Å²) in [5.41, 5.74) is 0.837. The van der Waals surface area contributed by atoms with Crippen molar-refractivity contribution in [1.29, 1.82) is 0 Å². The van der Waals surface area contributed by atoms with Gasteiger partial charge in [0.15, 0.2) is 0 Å². The lowest BCUT2D eigenvalue weighted by Gasteiger charge is -2.34. The van der Waals surface area contributed by atoms with Gasteiger partial charge in [0.05, 0.1) is 24.7 Å². The SMILES string of the molecule is O=C(CN1CCN(C(=O)c2cccc(S(=O)(=O)N3CCOCC3)c2)CC1)Nc1ccc(F)cc1. The van der Waals surface area contributed by atoms with Crippen LogP contribution in [0.3, 0.4) is 0 Å². The molecule has 2 saturated heterocycles. The second kappa shape index (κ2) is 10.6. The molecule has 2 heterocycles. The molecule has 0 bridgehead atoms. The van der Waals surface area contributed by atoms with Gasteiger partial charge in [-0.2, -0.15) is 4.31 Å². The number of morpholine rings is 1. The molecule has 34 heavy (non-hydrogen) atoms. The van der Waals surface area contributed by atoms with E-state index in [9.17, 15) is 22.4 Å². The lowest BCUT2D eigenvalue weighted by Crippen LogP contribution is -2.50. The van der Waals surface area contributed by atoms with Gasteiger partial charge < -0.3 is 15.0 Å². The van der Waals surface area contributed by atoms with Crippen molar-refractivity contribution in [3.8, 4) is 0 Å². The summed E-state index contributed by atoms with van der Waals surface area (Å²) in [6.45, 7) is 3.30. The first kappa shape index (κ1) is 24.3. The minimum absolute atomic E-state index is 0.0938. The standard InChI is InChI=1S/C23H27FN4O5S/c24-19-4-6-20(7-5-19)25-22(29)17-26-8-10-27(11-9-26)23(30)18-2-1-3-21(16-18)34(31,32)28-12-14-33-15-13-28/h1-7,16H,8-15,17H2,(H,25,29). The predicted molar refractivity (Wildman–Crippen MR) is 123 cm³/mol. The molecule has 4 rings (SSSR count). The molecule has 0 saturated carbocycles. The molecule has 0 spiro atoms. The Bertz CT molecular complexity index is 1130. The number of halogens is 1. The highest BCUT2D eigenvalue weighted by Gasteiger charge is 2.28. The average Bonchev–Trinajstić information content (AvgIpc) is 2.86. The minimum Gasteiger partial charge on any atom is -0.379 e. The molecule has 182 valence electrons. The Labute approximate surface area is 198 Å². The Kier molecular flexibility index (Phi) is 7.57. The van der Waals surface area contributed by atoms with E-state index in [0.717, 1.165) is 0 Å². The molecule has 2 amide bonds. The zero-order valence-electron chi connectivity index (χ0n) is 18.7. The van der Waals surface area contributed by atoms with E-state index in [1.165, 1.54) is 40.7 Å². The summed E-state index contributed by atoms with van der Waals surface area (Å²) < 4.78 is 45.4. The molecular weight excluding hydrogens is 463 g/mol. The molecule has 2 fully saturated rings. The first-order chi connectivity index (χ1) is 16.3. The summed E-state index contributed by atoms with van der Waals surface area (Å²) in [7, 11) is -3.69. The minimum atomic E-state index is -3.69. The van der Waals surface area contributed by atoms with Crippen LogP contribution < -0.4 is 5.32 Å². The summed E-state index contributed by atoms with van der Waals surface area (Å²) in [6.07, 6.45) is 0. The smallest absolute Gasteiger partial charge is 0.253 e. The van der Waals surface area contributed by atoms with Crippen molar-refractivity contribution < 1.29 is 27.1 Å². The van der Waals surface area contributed by atoms with Crippen molar-refractivity contribution in [2.24, 2.45) is 0 Å². The van der Waals surface area contributed by atoms with Crippen LogP contribution in [0, 0.1) is 5.82 Å². The summed E-state index contributed by atoms with van der Waals surface area (Å²) in [5.74, 6) is -0.829. The average molecular weight is 491 g/mol.